The van der Waals surface area contributed by atoms with Crippen LogP contribution in [0.25, 0.3) is 0 Å². The lowest BCUT2D eigenvalue weighted by Gasteiger charge is -2.35. The lowest BCUT2D eigenvalue weighted by Crippen LogP contribution is -2.51. The Morgan fingerprint density at radius 1 is 1.53 bits per heavy atom. The molecule has 0 radical (unpaired) electrons. The molecule has 0 bridgehead atoms. The third-order valence-electron chi connectivity index (χ3n) is 3.85. The number of hydrogen-bond donors (Lipinski definition) is 1. The highest BCUT2D eigenvalue weighted by atomic mass is 79.9. The molecule has 1 aromatic carbocycles. The van der Waals surface area contributed by atoms with Gasteiger partial charge >= 0.3 is 0 Å². The number of benzene rings is 1. The average Bonchev–Trinajstić information content (AvgIpc) is 2.71. The first-order chi connectivity index (χ1) is 9.05. The van der Waals surface area contributed by atoms with Gasteiger partial charge in [-0.15, -0.1) is 0 Å². The summed E-state index contributed by atoms with van der Waals surface area (Å²) in [4.78, 5) is 14.5. The van der Waals surface area contributed by atoms with Crippen molar-refractivity contribution in [3.05, 3.63) is 34.3 Å². The van der Waals surface area contributed by atoms with Crippen LogP contribution in [-0.2, 0) is 11.2 Å². The molecule has 2 rings (SSSR count). The summed E-state index contributed by atoms with van der Waals surface area (Å²) in [5.41, 5.74) is 1.04. The summed E-state index contributed by atoms with van der Waals surface area (Å²) in [5, 5.41) is 3.21. The van der Waals surface area contributed by atoms with Crippen molar-refractivity contribution in [1.82, 2.24) is 10.2 Å². The number of nitrogens with one attached hydrogen (secondary N) is 1. The van der Waals surface area contributed by atoms with Gasteiger partial charge in [-0.1, -0.05) is 28.1 Å². The van der Waals surface area contributed by atoms with Crippen LogP contribution in [-0.4, -0.2) is 36.5 Å². The van der Waals surface area contributed by atoms with Crippen molar-refractivity contribution in [1.29, 1.82) is 0 Å². The maximum absolute atomic E-state index is 12.5. The number of carbonyl (C=O) groups excluding carboxylic acids is 1. The predicted octanol–water partition coefficient (Wildman–Crippen LogP) is 2.59. The SMILES string of the molecule is CNCC1(C)CCCN1C(=O)Cc1cccc(Br)c1. The number of likely N-dealkylation sites (N-methyl/N-ethyl adjacent to an activating group) is 1. The third kappa shape index (κ3) is 3.37. The molecule has 1 unspecified atom stereocenters. The molecule has 4 heteroatoms. The fourth-order valence-electron chi connectivity index (χ4n) is 2.93. The Kier molecular flexibility index (Phi) is 4.63. The van der Waals surface area contributed by atoms with Crippen LogP contribution in [0.1, 0.15) is 25.3 Å². The molecule has 0 spiro atoms. The highest BCUT2D eigenvalue weighted by molar-refractivity contribution is 9.10. The van der Waals surface area contributed by atoms with E-state index in [1.54, 1.807) is 0 Å². The smallest absolute Gasteiger partial charge is 0.227 e. The van der Waals surface area contributed by atoms with Gasteiger partial charge in [0.15, 0.2) is 0 Å². The average molecular weight is 325 g/mol. The summed E-state index contributed by atoms with van der Waals surface area (Å²) in [6.07, 6.45) is 2.67. The maximum atomic E-state index is 12.5. The van der Waals surface area contributed by atoms with Crippen molar-refractivity contribution in [3.8, 4) is 0 Å². The van der Waals surface area contributed by atoms with Gasteiger partial charge in [0.05, 0.1) is 12.0 Å². The Bertz CT molecular complexity index is 463. The lowest BCUT2D eigenvalue weighted by molar-refractivity contribution is -0.133. The number of rotatable bonds is 4. The molecule has 1 N–H and O–H groups in total. The molecule has 1 heterocycles. The van der Waals surface area contributed by atoms with Crippen molar-refractivity contribution in [2.75, 3.05) is 20.1 Å². The largest absolute Gasteiger partial charge is 0.336 e. The van der Waals surface area contributed by atoms with E-state index >= 15 is 0 Å². The Morgan fingerprint density at radius 3 is 3.00 bits per heavy atom. The fourth-order valence-corrected chi connectivity index (χ4v) is 3.38. The van der Waals surface area contributed by atoms with E-state index < -0.39 is 0 Å². The monoisotopic (exact) mass is 324 g/mol. The first kappa shape index (κ1) is 14.5. The van der Waals surface area contributed by atoms with E-state index in [-0.39, 0.29) is 11.4 Å². The van der Waals surface area contributed by atoms with Gasteiger partial charge in [0.1, 0.15) is 0 Å². The summed E-state index contributed by atoms with van der Waals surface area (Å²) in [5.74, 6) is 0.230. The zero-order valence-electron chi connectivity index (χ0n) is 11.6. The van der Waals surface area contributed by atoms with Crippen LogP contribution in [0, 0.1) is 0 Å². The second kappa shape index (κ2) is 6.06. The predicted molar refractivity (Wildman–Crippen MR) is 81.1 cm³/mol. The van der Waals surface area contributed by atoms with Crippen molar-refractivity contribution >= 4 is 21.8 Å². The highest BCUT2D eigenvalue weighted by Crippen LogP contribution is 2.29. The zero-order chi connectivity index (χ0) is 13.9. The Morgan fingerprint density at radius 2 is 2.32 bits per heavy atom. The summed E-state index contributed by atoms with van der Waals surface area (Å²) < 4.78 is 1.03. The van der Waals surface area contributed by atoms with Crippen LogP contribution in [0.3, 0.4) is 0 Å². The Hall–Kier alpha value is -0.870. The molecule has 1 saturated heterocycles. The van der Waals surface area contributed by atoms with Gasteiger partial charge in [-0.3, -0.25) is 4.79 Å². The molecule has 3 nitrogen and oxygen atoms in total. The number of likely N-dealkylation sites (tertiary alicyclic amines) is 1. The topological polar surface area (TPSA) is 32.3 Å². The van der Waals surface area contributed by atoms with E-state index in [1.807, 2.05) is 36.2 Å². The molecular formula is C15H21BrN2O. The van der Waals surface area contributed by atoms with Crippen LogP contribution >= 0.6 is 15.9 Å². The summed E-state index contributed by atoms with van der Waals surface area (Å²) in [6.45, 7) is 3.91. The van der Waals surface area contributed by atoms with Crippen LogP contribution < -0.4 is 5.32 Å². The van der Waals surface area contributed by atoms with Crippen LogP contribution in [0.5, 0.6) is 0 Å². The summed E-state index contributed by atoms with van der Waals surface area (Å²) >= 11 is 3.45. The van der Waals surface area contributed by atoms with E-state index in [9.17, 15) is 4.79 Å². The molecule has 0 saturated carbocycles. The van der Waals surface area contributed by atoms with E-state index in [4.69, 9.17) is 0 Å². The molecule has 19 heavy (non-hydrogen) atoms. The molecule has 0 aliphatic carbocycles. The Labute approximate surface area is 123 Å². The molecule has 1 aromatic rings. The first-order valence-corrected chi connectivity index (χ1v) is 7.54. The van der Waals surface area contributed by atoms with Crippen molar-refractivity contribution in [2.45, 2.75) is 31.7 Å². The van der Waals surface area contributed by atoms with Gasteiger partial charge in [-0.25, -0.2) is 0 Å². The van der Waals surface area contributed by atoms with Crippen LogP contribution in [0.2, 0.25) is 0 Å². The molecule has 1 aliphatic heterocycles. The van der Waals surface area contributed by atoms with Gasteiger partial charge in [0.25, 0.3) is 0 Å². The van der Waals surface area contributed by atoms with Gasteiger partial charge in [-0.05, 0) is 44.5 Å². The van der Waals surface area contributed by atoms with Crippen molar-refractivity contribution in [3.63, 3.8) is 0 Å². The first-order valence-electron chi connectivity index (χ1n) is 6.75. The number of hydrogen-bond acceptors (Lipinski definition) is 2. The van der Waals surface area contributed by atoms with E-state index in [0.29, 0.717) is 6.42 Å². The van der Waals surface area contributed by atoms with E-state index in [1.165, 1.54) is 0 Å². The normalized spacial score (nSPS) is 22.8. The summed E-state index contributed by atoms with van der Waals surface area (Å²) in [7, 11) is 1.94. The number of halogens is 1. The molecule has 1 amide bonds. The lowest BCUT2D eigenvalue weighted by atomic mass is 9.98. The zero-order valence-corrected chi connectivity index (χ0v) is 13.2. The number of amides is 1. The standard InChI is InChI=1S/C15H21BrN2O/c1-15(11-17-2)7-4-8-18(15)14(19)10-12-5-3-6-13(16)9-12/h3,5-6,9,17H,4,7-8,10-11H2,1-2H3. The van der Waals surface area contributed by atoms with Crippen LogP contribution in [0.15, 0.2) is 28.7 Å². The third-order valence-corrected chi connectivity index (χ3v) is 4.35. The van der Waals surface area contributed by atoms with E-state index in [0.717, 1.165) is 36.0 Å². The Balaban J connectivity index is 2.07. The molecule has 1 aliphatic rings. The van der Waals surface area contributed by atoms with Gasteiger partial charge in [0, 0.05) is 17.6 Å². The molecule has 0 aromatic heterocycles. The van der Waals surface area contributed by atoms with Gasteiger partial charge in [0.2, 0.25) is 5.91 Å². The van der Waals surface area contributed by atoms with Gasteiger partial charge < -0.3 is 10.2 Å². The quantitative estimate of drug-likeness (QED) is 0.923. The van der Waals surface area contributed by atoms with Crippen molar-refractivity contribution < 1.29 is 4.79 Å². The van der Waals surface area contributed by atoms with Crippen LogP contribution in [0.4, 0.5) is 0 Å². The second-order valence-corrected chi connectivity index (χ2v) is 6.40. The van der Waals surface area contributed by atoms with Crippen molar-refractivity contribution in [2.24, 2.45) is 0 Å². The fraction of sp³-hybridized carbons (Fsp3) is 0.533. The second-order valence-electron chi connectivity index (χ2n) is 5.48. The highest BCUT2D eigenvalue weighted by Gasteiger charge is 2.38. The molecule has 104 valence electrons. The molecule has 1 atom stereocenters. The molecular weight excluding hydrogens is 304 g/mol. The van der Waals surface area contributed by atoms with Gasteiger partial charge in [-0.2, -0.15) is 0 Å². The minimum Gasteiger partial charge on any atom is -0.336 e. The number of nitrogens with zero attached hydrogens (tertiary/aromatic N) is 1. The maximum Gasteiger partial charge on any atom is 0.227 e. The number of carbonyl (C=O) groups is 1. The summed E-state index contributed by atoms with van der Waals surface area (Å²) in [6, 6.07) is 7.98. The van der Waals surface area contributed by atoms with E-state index in [2.05, 4.69) is 28.2 Å². The molecule has 1 fully saturated rings. The minimum absolute atomic E-state index is 0.0299. The minimum atomic E-state index is -0.0299.